The van der Waals surface area contributed by atoms with Gasteiger partial charge in [-0.2, -0.15) is 5.10 Å². The van der Waals surface area contributed by atoms with Gasteiger partial charge in [0.15, 0.2) is 5.60 Å². The quantitative estimate of drug-likeness (QED) is 0.391. The molecule has 5 heteroatoms. The van der Waals surface area contributed by atoms with Gasteiger partial charge < -0.3 is 5.11 Å². The topological polar surface area (TPSA) is 61.7 Å². The molecule has 0 bridgehead atoms. The van der Waals surface area contributed by atoms with Crippen molar-refractivity contribution in [3.05, 3.63) is 102 Å². The van der Waals surface area contributed by atoms with Crippen molar-refractivity contribution in [2.45, 2.75) is 10.5 Å². The van der Waals surface area contributed by atoms with E-state index in [1.165, 1.54) is 0 Å². The first-order valence-corrected chi connectivity index (χ1v) is 9.68. The van der Waals surface area contributed by atoms with Gasteiger partial charge in [-0.25, -0.2) is 5.43 Å². The van der Waals surface area contributed by atoms with Crippen LogP contribution in [0.4, 0.5) is 0 Å². The van der Waals surface area contributed by atoms with E-state index in [1.54, 1.807) is 66.5 Å². The van der Waals surface area contributed by atoms with Crippen LogP contribution in [0.25, 0.3) is 0 Å². The molecule has 0 aromatic heterocycles. The van der Waals surface area contributed by atoms with E-state index in [2.05, 4.69) is 10.5 Å². The summed E-state index contributed by atoms with van der Waals surface area (Å²) in [5.41, 5.74) is 2.46. The van der Waals surface area contributed by atoms with Crippen LogP contribution >= 0.6 is 11.8 Å². The fourth-order valence-electron chi connectivity index (χ4n) is 2.72. The Hall–Kier alpha value is -2.89. The van der Waals surface area contributed by atoms with Crippen molar-refractivity contribution in [1.29, 1.82) is 0 Å². The molecule has 3 aromatic carbocycles. The summed E-state index contributed by atoms with van der Waals surface area (Å²) in [6, 6.07) is 25.5. The predicted molar refractivity (Wildman–Crippen MR) is 110 cm³/mol. The highest BCUT2D eigenvalue weighted by atomic mass is 32.2. The molecular weight excluding hydrogens is 356 g/mol. The lowest BCUT2D eigenvalue weighted by Crippen LogP contribution is -2.43. The molecule has 2 N–H and O–H groups in total. The summed E-state index contributed by atoms with van der Waals surface area (Å²) in [7, 11) is 0. The van der Waals surface area contributed by atoms with Crippen LogP contribution in [0.15, 0.2) is 94.9 Å². The number of carbonyl (C=O) groups excluding carboxylic acids is 1. The van der Waals surface area contributed by atoms with Gasteiger partial charge in [0.2, 0.25) is 0 Å². The molecule has 4 nitrogen and oxygen atoms in total. The van der Waals surface area contributed by atoms with Crippen LogP contribution in [0.1, 0.15) is 16.7 Å². The number of nitrogens with zero attached hydrogens (tertiary/aromatic N) is 1. The molecule has 136 valence electrons. The average Bonchev–Trinajstić information content (AvgIpc) is 2.74. The Balaban J connectivity index is 1.84. The predicted octanol–water partition coefficient (Wildman–Crippen LogP) is 3.79. The summed E-state index contributed by atoms with van der Waals surface area (Å²) in [5.74, 6) is -0.614. The molecule has 0 saturated heterocycles. The van der Waals surface area contributed by atoms with E-state index in [-0.39, 0.29) is 0 Å². The van der Waals surface area contributed by atoms with Crippen LogP contribution in [0.5, 0.6) is 0 Å². The Morgan fingerprint density at radius 2 is 1.44 bits per heavy atom. The zero-order chi connectivity index (χ0) is 19.1. The fourth-order valence-corrected chi connectivity index (χ4v) is 3.13. The summed E-state index contributed by atoms with van der Waals surface area (Å²) in [6.07, 6.45) is 3.57. The van der Waals surface area contributed by atoms with Gasteiger partial charge in [0.1, 0.15) is 0 Å². The minimum atomic E-state index is -1.83. The largest absolute Gasteiger partial charge is 0.372 e. The van der Waals surface area contributed by atoms with Gasteiger partial charge in [0.05, 0.1) is 6.21 Å². The lowest BCUT2D eigenvalue weighted by molar-refractivity contribution is -0.136. The molecule has 0 saturated carbocycles. The first-order valence-electron chi connectivity index (χ1n) is 8.45. The van der Waals surface area contributed by atoms with E-state index < -0.39 is 11.5 Å². The molecule has 0 aliphatic heterocycles. The minimum Gasteiger partial charge on any atom is -0.372 e. The van der Waals surface area contributed by atoms with Crippen molar-refractivity contribution < 1.29 is 9.90 Å². The number of aliphatic hydroxyl groups is 1. The maximum absolute atomic E-state index is 12.9. The molecule has 0 fully saturated rings. The smallest absolute Gasteiger partial charge is 0.281 e. The molecule has 0 aliphatic carbocycles. The van der Waals surface area contributed by atoms with Gasteiger partial charge in [-0.05, 0) is 35.1 Å². The highest BCUT2D eigenvalue weighted by molar-refractivity contribution is 7.98. The fraction of sp³-hybridized carbons (Fsp3) is 0.0909. The molecule has 3 rings (SSSR count). The number of amides is 1. The minimum absolute atomic E-state index is 0.480. The van der Waals surface area contributed by atoms with Crippen LogP contribution in [0, 0.1) is 0 Å². The van der Waals surface area contributed by atoms with Gasteiger partial charge in [-0.3, -0.25) is 4.79 Å². The summed E-state index contributed by atoms with van der Waals surface area (Å²) < 4.78 is 0. The van der Waals surface area contributed by atoms with Gasteiger partial charge >= 0.3 is 0 Å². The van der Waals surface area contributed by atoms with Gasteiger partial charge in [-0.1, -0.05) is 72.8 Å². The normalized spacial score (nSPS) is 11.5. The van der Waals surface area contributed by atoms with E-state index in [9.17, 15) is 9.90 Å². The maximum atomic E-state index is 12.9. The first kappa shape index (κ1) is 18.9. The average molecular weight is 376 g/mol. The second-order valence-electron chi connectivity index (χ2n) is 5.91. The third-order valence-corrected chi connectivity index (χ3v) is 4.95. The molecule has 27 heavy (non-hydrogen) atoms. The molecular formula is C22H20N2O2S. The Morgan fingerprint density at radius 1 is 0.926 bits per heavy atom. The van der Waals surface area contributed by atoms with Crippen molar-refractivity contribution in [3.63, 3.8) is 0 Å². The van der Waals surface area contributed by atoms with E-state index in [4.69, 9.17) is 0 Å². The second-order valence-corrected chi connectivity index (χ2v) is 6.79. The van der Waals surface area contributed by atoms with Crippen molar-refractivity contribution >= 4 is 23.9 Å². The summed E-state index contributed by atoms with van der Waals surface area (Å²) in [4.78, 5) is 14.0. The second kappa shape index (κ2) is 8.66. The molecule has 3 aromatic rings. The number of hydrogen-bond donors (Lipinski definition) is 2. The zero-order valence-electron chi connectivity index (χ0n) is 14.9. The number of hydrogen-bond acceptors (Lipinski definition) is 4. The van der Waals surface area contributed by atoms with Crippen LogP contribution in [0.3, 0.4) is 0 Å². The van der Waals surface area contributed by atoms with Gasteiger partial charge in [-0.15, -0.1) is 11.8 Å². The van der Waals surface area contributed by atoms with Crippen molar-refractivity contribution in [2.75, 3.05) is 6.26 Å². The van der Waals surface area contributed by atoms with E-state index >= 15 is 0 Å². The Kier molecular flexibility index (Phi) is 6.06. The number of thioether (sulfide) groups is 1. The molecule has 0 heterocycles. The number of rotatable bonds is 6. The molecule has 0 unspecified atom stereocenters. The number of benzene rings is 3. The number of carbonyl (C=O) groups is 1. The molecule has 1 amide bonds. The van der Waals surface area contributed by atoms with Crippen molar-refractivity contribution in [3.8, 4) is 0 Å². The van der Waals surface area contributed by atoms with Crippen LogP contribution < -0.4 is 5.43 Å². The molecule has 0 spiro atoms. The monoisotopic (exact) mass is 376 g/mol. The van der Waals surface area contributed by atoms with E-state index in [0.717, 1.165) is 10.5 Å². The van der Waals surface area contributed by atoms with E-state index in [0.29, 0.717) is 11.1 Å². The van der Waals surface area contributed by atoms with Crippen LogP contribution in [0.2, 0.25) is 0 Å². The lowest BCUT2D eigenvalue weighted by Gasteiger charge is -2.27. The number of nitrogens with one attached hydrogen (secondary N) is 1. The van der Waals surface area contributed by atoms with E-state index in [1.807, 2.05) is 42.7 Å². The highest BCUT2D eigenvalue weighted by Gasteiger charge is 2.39. The molecule has 0 aliphatic rings. The van der Waals surface area contributed by atoms with Crippen LogP contribution in [-0.4, -0.2) is 23.5 Å². The SMILES string of the molecule is CSc1ccc(C=NNC(=O)C(O)(c2ccccc2)c2ccccc2)cc1. The Bertz CT molecular complexity index is 871. The standard InChI is InChI=1S/C22H20N2O2S/c1-27-20-14-12-17(13-15-20)16-23-24-21(25)22(26,18-8-4-2-5-9-18)19-10-6-3-7-11-19/h2-16,26H,1H3,(H,24,25). The summed E-state index contributed by atoms with van der Waals surface area (Å²) in [6.45, 7) is 0. The third kappa shape index (κ3) is 4.27. The van der Waals surface area contributed by atoms with Crippen molar-refractivity contribution in [1.82, 2.24) is 5.43 Å². The third-order valence-electron chi connectivity index (χ3n) is 4.21. The summed E-state index contributed by atoms with van der Waals surface area (Å²) in [5, 5.41) is 15.3. The first-order chi connectivity index (χ1) is 13.1. The van der Waals surface area contributed by atoms with Crippen LogP contribution in [-0.2, 0) is 10.4 Å². The molecule has 0 atom stereocenters. The summed E-state index contributed by atoms with van der Waals surface area (Å²) >= 11 is 1.66. The highest BCUT2D eigenvalue weighted by Crippen LogP contribution is 2.29. The van der Waals surface area contributed by atoms with Gasteiger partial charge in [0, 0.05) is 4.90 Å². The zero-order valence-corrected chi connectivity index (χ0v) is 15.7. The van der Waals surface area contributed by atoms with Gasteiger partial charge in [0.25, 0.3) is 5.91 Å². The van der Waals surface area contributed by atoms with Crippen molar-refractivity contribution in [2.24, 2.45) is 5.10 Å². The Labute approximate surface area is 162 Å². The Morgan fingerprint density at radius 3 is 1.93 bits per heavy atom. The maximum Gasteiger partial charge on any atom is 0.281 e. The number of hydrazone groups is 1. The molecule has 0 radical (unpaired) electrons. The lowest BCUT2D eigenvalue weighted by atomic mass is 9.85.